The lowest BCUT2D eigenvalue weighted by Gasteiger charge is -2.29. The number of fused-ring (bicyclic) bond motifs is 1. The van der Waals surface area contributed by atoms with Gasteiger partial charge in [-0.1, -0.05) is 12.1 Å². The molecular formula is C17H20N4. The molecule has 1 fully saturated rings. The van der Waals surface area contributed by atoms with E-state index in [4.69, 9.17) is 0 Å². The van der Waals surface area contributed by atoms with Crippen molar-refractivity contribution in [1.29, 1.82) is 0 Å². The van der Waals surface area contributed by atoms with Crippen molar-refractivity contribution in [3.8, 4) is 0 Å². The normalized spacial score (nSPS) is 20.6. The van der Waals surface area contributed by atoms with Crippen molar-refractivity contribution in [2.24, 2.45) is 0 Å². The van der Waals surface area contributed by atoms with E-state index in [0.717, 1.165) is 11.4 Å². The van der Waals surface area contributed by atoms with Crippen LogP contribution in [0.4, 0.5) is 17.1 Å². The fourth-order valence-corrected chi connectivity index (χ4v) is 3.18. The van der Waals surface area contributed by atoms with Crippen molar-refractivity contribution in [3.63, 3.8) is 0 Å². The molecule has 108 valence electrons. The van der Waals surface area contributed by atoms with Gasteiger partial charge in [0.2, 0.25) is 0 Å². The molecule has 1 aromatic heterocycles. The standard InChI is InChI=1S/C17H20N4/c1-2-10-21(11-3-1)14-6-4-13(5-7-14)17-19-15-8-9-18-12-16(15)20-17/h4-9,12,17,19-20H,1-3,10-11H2. The molecule has 0 amide bonds. The van der Waals surface area contributed by atoms with E-state index in [1.54, 1.807) is 0 Å². The highest BCUT2D eigenvalue weighted by Crippen LogP contribution is 2.34. The molecule has 4 rings (SSSR count). The second-order valence-corrected chi connectivity index (χ2v) is 5.78. The van der Waals surface area contributed by atoms with Crippen LogP contribution in [0, 0.1) is 0 Å². The summed E-state index contributed by atoms with van der Waals surface area (Å²) in [6, 6.07) is 10.9. The molecule has 2 aliphatic heterocycles. The second-order valence-electron chi connectivity index (χ2n) is 5.78. The molecular weight excluding hydrogens is 260 g/mol. The summed E-state index contributed by atoms with van der Waals surface area (Å²) in [6.45, 7) is 2.38. The minimum atomic E-state index is 0.139. The Morgan fingerprint density at radius 1 is 0.905 bits per heavy atom. The van der Waals surface area contributed by atoms with Crippen molar-refractivity contribution in [2.45, 2.75) is 25.4 Å². The molecule has 0 bridgehead atoms. The molecule has 2 aliphatic rings. The van der Waals surface area contributed by atoms with Crippen molar-refractivity contribution in [3.05, 3.63) is 48.3 Å². The average Bonchev–Trinajstić information content (AvgIpc) is 3.00. The van der Waals surface area contributed by atoms with Gasteiger partial charge in [0.05, 0.1) is 17.6 Å². The maximum atomic E-state index is 4.15. The van der Waals surface area contributed by atoms with Gasteiger partial charge in [0.1, 0.15) is 6.17 Å². The Balaban J connectivity index is 1.50. The number of nitrogens with zero attached hydrogens (tertiary/aromatic N) is 2. The lowest BCUT2D eigenvalue weighted by molar-refractivity contribution is 0.578. The van der Waals surface area contributed by atoms with Gasteiger partial charge in [-0.15, -0.1) is 0 Å². The number of piperidine rings is 1. The van der Waals surface area contributed by atoms with Crippen molar-refractivity contribution >= 4 is 17.1 Å². The summed E-state index contributed by atoms with van der Waals surface area (Å²) in [5.41, 5.74) is 4.79. The van der Waals surface area contributed by atoms with Gasteiger partial charge >= 0.3 is 0 Å². The van der Waals surface area contributed by atoms with Crippen LogP contribution in [0.15, 0.2) is 42.7 Å². The summed E-state index contributed by atoms with van der Waals surface area (Å²) in [6.07, 6.45) is 7.82. The molecule has 1 unspecified atom stereocenters. The molecule has 2 N–H and O–H groups in total. The number of benzene rings is 1. The highest BCUT2D eigenvalue weighted by atomic mass is 15.2. The highest BCUT2D eigenvalue weighted by molar-refractivity contribution is 5.73. The number of hydrogen-bond donors (Lipinski definition) is 2. The number of anilines is 3. The van der Waals surface area contributed by atoms with E-state index in [1.165, 1.54) is 43.6 Å². The van der Waals surface area contributed by atoms with Crippen LogP contribution in [0.2, 0.25) is 0 Å². The van der Waals surface area contributed by atoms with Crippen LogP contribution < -0.4 is 15.5 Å². The van der Waals surface area contributed by atoms with E-state index in [1.807, 2.05) is 18.5 Å². The predicted octanol–water partition coefficient (Wildman–Crippen LogP) is 3.61. The largest absolute Gasteiger partial charge is 0.372 e. The maximum absolute atomic E-state index is 4.15. The van der Waals surface area contributed by atoms with Gasteiger partial charge in [0.15, 0.2) is 0 Å². The topological polar surface area (TPSA) is 40.2 Å². The first-order valence-corrected chi connectivity index (χ1v) is 7.72. The predicted molar refractivity (Wildman–Crippen MR) is 86.7 cm³/mol. The van der Waals surface area contributed by atoms with E-state index < -0.39 is 0 Å². The quantitative estimate of drug-likeness (QED) is 0.881. The Morgan fingerprint density at radius 3 is 2.43 bits per heavy atom. The van der Waals surface area contributed by atoms with E-state index in [0.29, 0.717) is 0 Å². The lowest BCUT2D eigenvalue weighted by atomic mass is 10.1. The van der Waals surface area contributed by atoms with Crippen LogP contribution in [-0.4, -0.2) is 18.1 Å². The molecule has 21 heavy (non-hydrogen) atoms. The zero-order chi connectivity index (χ0) is 14.1. The number of rotatable bonds is 2. The van der Waals surface area contributed by atoms with Crippen LogP contribution in [0.5, 0.6) is 0 Å². The summed E-state index contributed by atoms with van der Waals surface area (Å²) in [4.78, 5) is 6.64. The van der Waals surface area contributed by atoms with Gasteiger partial charge in [-0.2, -0.15) is 0 Å². The molecule has 1 aromatic carbocycles. The molecule has 1 saturated heterocycles. The first-order chi connectivity index (χ1) is 10.4. The zero-order valence-corrected chi connectivity index (χ0v) is 12.0. The van der Waals surface area contributed by atoms with Crippen LogP contribution in [0.3, 0.4) is 0 Å². The van der Waals surface area contributed by atoms with Crippen molar-refractivity contribution in [1.82, 2.24) is 4.98 Å². The third-order valence-electron chi connectivity index (χ3n) is 4.37. The van der Waals surface area contributed by atoms with Crippen LogP contribution in [0.1, 0.15) is 31.0 Å². The molecule has 1 atom stereocenters. The SMILES string of the molecule is c1cc2c(cn1)NC(c1ccc(N3CCCCC3)cc1)N2. The number of nitrogens with one attached hydrogen (secondary N) is 2. The third kappa shape index (κ3) is 2.42. The lowest BCUT2D eigenvalue weighted by Crippen LogP contribution is -2.29. The number of hydrogen-bond acceptors (Lipinski definition) is 4. The summed E-state index contributed by atoms with van der Waals surface area (Å²) in [5.74, 6) is 0. The van der Waals surface area contributed by atoms with Gasteiger partial charge in [-0.05, 0) is 43.0 Å². The first-order valence-electron chi connectivity index (χ1n) is 7.72. The minimum Gasteiger partial charge on any atom is -0.372 e. The van der Waals surface area contributed by atoms with E-state index in [2.05, 4.69) is 44.8 Å². The third-order valence-corrected chi connectivity index (χ3v) is 4.37. The van der Waals surface area contributed by atoms with Crippen LogP contribution in [-0.2, 0) is 0 Å². The van der Waals surface area contributed by atoms with Gasteiger partial charge in [0.25, 0.3) is 0 Å². The maximum Gasteiger partial charge on any atom is 0.123 e. The Hall–Kier alpha value is -2.23. The number of pyridine rings is 1. The van der Waals surface area contributed by atoms with Crippen molar-refractivity contribution < 1.29 is 0 Å². The fraction of sp³-hybridized carbons (Fsp3) is 0.353. The molecule has 2 aromatic rings. The van der Waals surface area contributed by atoms with Crippen molar-refractivity contribution in [2.75, 3.05) is 28.6 Å². The van der Waals surface area contributed by atoms with Crippen LogP contribution in [0.25, 0.3) is 0 Å². The molecule has 3 heterocycles. The second kappa shape index (κ2) is 5.28. The van der Waals surface area contributed by atoms with Gasteiger partial charge < -0.3 is 15.5 Å². The molecule has 4 nitrogen and oxygen atoms in total. The smallest absolute Gasteiger partial charge is 0.123 e. The molecule has 0 radical (unpaired) electrons. The molecule has 0 saturated carbocycles. The summed E-state index contributed by atoms with van der Waals surface area (Å²) in [5, 5.41) is 6.95. The molecule has 4 heteroatoms. The fourth-order valence-electron chi connectivity index (χ4n) is 3.18. The Kier molecular flexibility index (Phi) is 3.14. The first kappa shape index (κ1) is 12.5. The Labute approximate surface area is 125 Å². The highest BCUT2D eigenvalue weighted by Gasteiger charge is 2.21. The number of aromatic nitrogens is 1. The van der Waals surface area contributed by atoms with Gasteiger partial charge in [-0.3, -0.25) is 4.98 Å². The van der Waals surface area contributed by atoms with E-state index in [-0.39, 0.29) is 6.17 Å². The Bertz CT molecular complexity index is 592. The molecule has 0 spiro atoms. The Morgan fingerprint density at radius 2 is 1.67 bits per heavy atom. The van der Waals surface area contributed by atoms with E-state index >= 15 is 0 Å². The average molecular weight is 280 g/mol. The molecule has 0 aliphatic carbocycles. The summed E-state index contributed by atoms with van der Waals surface area (Å²) in [7, 11) is 0. The summed E-state index contributed by atoms with van der Waals surface area (Å²) < 4.78 is 0. The monoisotopic (exact) mass is 280 g/mol. The minimum absolute atomic E-state index is 0.139. The van der Waals surface area contributed by atoms with Gasteiger partial charge in [0, 0.05) is 25.0 Å². The summed E-state index contributed by atoms with van der Waals surface area (Å²) >= 11 is 0. The zero-order valence-electron chi connectivity index (χ0n) is 12.0. The van der Waals surface area contributed by atoms with Crippen LogP contribution >= 0.6 is 0 Å². The van der Waals surface area contributed by atoms with Gasteiger partial charge in [-0.25, -0.2) is 0 Å². The van der Waals surface area contributed by atoms with E-state index in [9.17, 15) is 0 Å².